The van der Waals surface area contributed by atoms with E-state index in [9.17, 15) is 4.79 Å². The van der Waals surface area contributed by atoms with E-state index in [1.54, 1.807) is 0 Å². The Morgan fingerprint density at radius 2 is 1.35 bits per heavy atom. The van der Waals surface area contributed by atoms with Crippen LogP contribution in [0.1, 0.15) is 89.5 Å². The summed E-state index contributed by atoms with van der Waals surface area (Å²) in [6, 6.07) is 9.28. The zero-order valence-electron chi connectivity index (χ0n) is 16.8. The minimum atomic E-state index is -0.560. The summed E-state index contributed by atoms with van der Waals surface area (Å²) in [7, 11) is 0. The predicted octanol–water partition coefficient (Wildman–Crippen LogP) is 5.80. The molecule has 0 saturated carbocycles. The van der Waals surface area contributed by atoms with Gasteiger partial charge in [0.1, 0.15) is 6.04 Å². The average molecular weight is 362 g/mol. The van der Waals surface area contributed by atoms with Gasteiger partial charge in [-0.15, -0.1) is 0 Å². The highest BCUT2D eigenvalue weighted by atomic mass is 16.5. The predicted molar refractivity (Wildman–Crippen MR) is 110 cm³/mol. The molecule has 0 amide bonds. The number of carbonyl (C=O) groups excluding carboxylic acids is 1. The number of hydrogen-bond donors (Lipinski definition) is 1. The Labute approximate surface area is 160 Å². The van der Waals surface area contributed by atoms with Gasteiger partial charge in [0.2, 0.25) is 0 Å². The highest BCUT2D eigenvalue weighted by molar-refractivity contribution is 5.75. The second-order valence-corrected chi connectivity index (χ2v) is 7.35. The van der Waals surface area contributed by atoms with Crippen LogP contribution >= 0.6 is 0 Å². The van der Waals surface area contributed by atoms with Crippen molar-refractivity contribution in [1.29, 1.82) is 0 Å². The van der Waals surface area contributed by atoms with Crippen molar-refractivity contribution in [2.75, 3.05) is 6.61 Å². The normalized spacial score (nSPS) is 12.1. The van der Waals surface area contributed by atoms with Crippen LogP contribution in [0.15, 0.2) is 30.3 Å². The van der Waals surface area contributed by atoms with Crippen LogP contribution in [-0.4, -0.2) is 18.6 Å². The van der Waals surface area contributed by atoms with Gasteiger partial charge in [0, 0.05) is 0 Å². The van der Waals surface area contributed by atoms with Crippen LogP contribution in [0.2, 0.25) is 0 Å². The van der Waals surface area contributed by atoms with Crippen LogP contribution < -0.4 is 5.73 Å². The maximum Gasteiger partial charge on any atom is 0.323 e. The first-order valence-electron chi connectivity index (χ1n) is 10.7. The lowest BCUT2D eigenvalue weighted by molar-refractivity contribution is -0.145. The van der Waals surface area contributed by atoms with Crippen LogP contribution in [0.25, 0.3) is 0 Å². The van der Waals surface area contributed by atoms with Gasteiger partial charge in [-0.05, 0) is 18.4 Å². The highest BCUT2D eigenvalue weighted by Crippen LogP contribution is 2.12. The van der Waals surface area contributed by atoms with E-state index in [1.165, 1.54) is 64.2 Å². The third-order valence-corrected chi connectivity index (χ3v) is 4.84. The molecule has 148 valence electrons. The first kappa shape index (κ1) is 22.7. The van der Waals surface area contributed by atoms with Gasteiger partial charge < -0.3 is 10.5 Å². The van der Waals surface area contributed by atoms with Crippen molar-refractivity contribution in [1.82, 2.24) is 0 Å². The van der Waals surface area contributed by atoms with Crippen LogP contribution in [0.3, 0.4) is 0 Å². The third-order valence-electron chi connectivity index (χ3n) is 4.84. The van der Waals surface area contributed by atoms with Crippen LogP contribution in [0.4, 0.5) is 0 Å². The lowest BCUT2D eigenvalue weighted by Gasteiger charge is -2.11. The number of hydrogen-bond acceptors (Lipinski definition) is 3. The van der Waals surface area contributed by atoms with Crippen molar-refractivity contribution in [3.05, 3.63) is 35.9 Å². The van der Waals surface area contributed by atoms with Crippen molar-refractivity contribution in [2.24, 2.45) is 5.73 Å². The van der Waals surface area contributed by atoms with Crippen molar-refractivity contribution in [2.45, 2.75) is 96.4 Å². The number of esters is 1. The van der Waals surface area contributed by atoms with Gasteiger partial charge >= 0.3 is 5.97 Å². The smallest absolute Gasteiger partial charge is 0.323 e. The van der Waals surface area contributed by atoms with Gasteiger partial charge in [0.15, 0.2) is 0 Å². The summed E-state index contributed by atoms with van der Waals surface area (Å²) < 4.78 is 5.30. The summed E-state index contributed by atoms with van der Waals surface area (Å²) in [6.45, 7) is 2.76. The molecule has 0 saturated heterocycles. The standard InChI is InChI=1S/C23H39NO2/c1-2-3-4-5-6-7-8-9-10-11-12-16-19-26-23(25)22(24)20-21-17-14-13-15-18-21/h13-15,17-18,22H,2-12,16,19-20,24H2,1H3. The number of unbranched alkanes of at least 4 members (excludes halogenated alkanes) is 11. The van der Waals surface area contributed by atoms with Gasteiger partial charge in [-0.3, -0.25) is 4.79 Å². The second-order valence-electron chi connectivity index (χ2n) is 7.35. The number of benzene rings is 1. The summed E-state index contributed by atoms with van der Waals surface area (Å²) in [6.07, 6.45) is 16.2. The Hall–Kier alpha value is -1.35. The fourth-order valence-electron chi connectivity index (χ4n) is 3.17. The molecule has 0 heterocycles. The second kappa shape index (κ2) is 15.9. The summed E-state index contributed by atoms with van der Waals surface area (Å²) in [5.74, 6) is -0.281. The Kier molecular flexibility index (Phi) is 13.8. The molecule has 0 bridgehead atoms. The zero-order chi connectivity index (χ0) is 18.9. The SMILES string of the molecule is CCCCCCCCCCCCCCOC(=O)C(N)Cc1ccccc1. The number of ether oxygens (including phenoxy) is 1. The number of carbonyl (C=O) groups is 1. The lowest BCUT2D eigenvalue weighted by Crippen LogP contribution is -2.34. The molecule has 0 aliphatic rings. The molecule has 1 atom stereocenters. The third kappa shape index (κ3) is 12.1. The Morgan fingerprint density at radius 1 is 0.846 bits per heavy atom. The first-order chi connectivity index (χ1) is 12.7. The van der Waals surface area contributed by atoms with Crippen LogP contribution in [-0.2, 0) is 16.0 Å². The molecule has 2 N–H and O–H groups in total. The summed E-state index contributed by atoms with van der Waals surface area (Å²) in [5, 5.41) is 0. The molecule has 0 aliphatic heterocycles. The van der Waals surface area contributed by atoms with E-state index >= 15 is 0 Å². The van der Waals surface area contributed by atoms with E-state index < -0.39 is 6.04 Å². The van der Waals surface area contributed by atoms with Gasteiger partial charge in [0.05, 0.1) is 6.61 Å². The molecule has 26 heavy (non-hydrogen) atoms. The average Bonchev–Trinajstić information content (AvgIpc) is 2.66. The van der Waals surface area contributed by atoms with Gasteiger partial charge in [-0.1, -0.05) is 108 Å². The fraction of sp³-hybridized carbons (Fsp3) is 0.696. The van der Waals surface area contributed by atoms with E-state index in [1.807, 2.05) is 30.3 Å². The molecule has 0 fully saturated rings. The van der Waals surface area contributed by atoms with E-state index in [4.69, 9.17) is 10.5 Å². The summed E-state index contributed by atoms with van der Waals surface area (Å²) >= 11 is 0. The molecule has 1 unspecified atom stereocenters. The molecule has 0 aromatic heterocycles. The molecular weight excluding hydrogens is 322 g/mol. The van der Waals surface area contributed by atoms with Gasteiger partial charge in [0.25, 0.3) is 0 Å². The van der Waals surface area contributed by atoms with Crippen LogP contribution in [0, 0.1) is 0 Å². The largest absolute Gasteiger partial charge is 0.465 e. The van der Waals surface area contributed by atoms with E-state index in [-0.39, 0.29) is 5.97 Å². The topological polar surface area (TPSA) is 52.3 Å². The Balaban J connectivity index is 1.88. The maximum atomic E-state index is 11.9. The van der Waals surface area contributed by atoms with Crippen LogP contribution in [0.5, 0.6) is 0 Å². The van der Waals surface area contributed by atoms with Crippen molar-refractivity contribution in [3.63, 3.8) is 0 Å². The van der Waals surface area contributed by atoms with Crippen molar-refractivity contribution in [3.8, 4) is 0 Å². The van der Waals surface area contributed by atoms with Gasteiger partial charge in [-0.25, -0.2) is 0 Å². The molecule has 1 aromatic rings. The molecule has 1 aromatic carbocycles. The van der Waals surface area contributed by atoms with E-state index in [0.29, 0.717) is 13.0 Å². The molecule has 3 nitrogen and oxygen atoms in total. The molecule has 0 radical (unpaired) electrons. The molecule has 1 rings (SSSR count). The number of rotatable bonds is 16. The fourth-order valence-corrected chi connectivity index (χ4v) is 3.17. The van der Waals surface area contributed by atoms with E-state index in [0.717, 1.165) is 18.4 Å². The zero-order valence-corrected chi connectivity index (χ0v) is 16.8. The Bertz CT molecular complexity index is 447. The minimum Gasteiger partial charge on any atom is -0.465 e. The van der Waals surface area contributed by atoms with E-state index in [2.05, 4.69) is 6.92 Å². The minimum absolute atomic E-state index is 0.281. The quantitative estimate of drug-likeness (QED) is 0.299. The lowest BCUT2D eigenvalue weighted by atomic mass is 10.1. The summed E-state index contributed by atoms with van der Waals surface area (Å²) in [5.41, 5.74) is 6.99. The van der Waals surface area contributed by atoms with Gasteiger partial charge in [-0.2, -0.15) is 0 Å². The van der Waals surface area contributed by atoms with Crippen molar-refractivity contribution >= 4 is 5.97 Å². The summed E-state index contributed by atoms with van der Waals surface area (Å²) in [4.78, 5) is 11.9. The molecular formula is C23H39NO2. The molecule has 0 spiro atoms. The highest BCUT2D eigenvalue weighted by Gasteiger charge is 2.15. The molecule has 3 heteroatoms. The monoisotopic (exact) mass is 361 g/mol. The molecule has 0 aliphatic carbocycles. The van der Waals surface area contributed by atoms with Crippen molar-refractivity contribution < 1.29 is 9.53 Å². The maximum absolute atomic E-state index is 11.9. The Morgan fingerprint density at radius 3 is 1.88 bits per heavy atom. The number of nitrogens with two attached hydrogens (primary N) is 1. The first-order valence-corrected chi connectivity index (χ1v) is 10.7.